The second kappa shape index (κ2) is 26.0. The summed E-state index contributed by atoms with van der Waals surface area (Å²) in [4.78, 5) is 18.8. The van der Waals surface area contributed by atoms with Crippen molar-refractivity contribution in [1.29, 1.82) is 0 Å². The summed E-state index contributed by atoms with van der Waals surface area (Å²) in [7, 11) is -4.32. The predicted molar refractivity (Wildman–Crippen MR) is 195 cm³/mol. The molecule has 48 heavy (non-hydrogen) atoms. The Morgan fingerprint density at radius 1 is 0.854 bits per heavy atom. The minimum absolute atomic E-state index is 0. The van der Waals surface area contributed by atoms with Crippen LogP contribution in [0.5, 0.6) is 0 Å². The summed E-state index contributed by atoms with van der Waals surface area (Å²) in [6, 6.07) is 4.52. The maximum atomic E-state index is 10.9. The van der Waals surface area contributed by atoms with Crippen molar-refractivity contribution in [2.75, 3.05) is 26.6 Å². The molecule has 0 aliphatic rings. The third kappa shape index (κ3) is 20.0. The van der Waals surface area contributed by atoms with E-state index in [9.17, 15) is 12.8 Å². The van der Waals surface area contributed by atoms with Gasteiger partial charge in [-0.3, -0.25) is 13.5 Å². The predicted octanol–water partition coefficient (Wildman–Crippen LogP) is 6.82. The summed E-state index contributed by atoms with van der Waals surface area (Å²) in [6.45, 7) is 9.19. The molecule has 4 heterocycles. The molecule has 0 unspecified atom stereocenters. The molecule has 0 bridgehead atoms. The van der Waals surface area contributed by atoms with Crippen LogP contribution in [0.15, 0.2) is 28.0 Å². The van der Waals surface area contributed by atoms with Gasteiger partial charge >= 0.3 is 29.6 Å². The second-order valence-electron chi connectivity index (χ2n) is 10.1. The van der Waals surface area contributed by atoms with Gasteiger partial charge in [-0.05, 0) is 108 Å². The van der Waals surface area contributed by atoms with E-state index in [1.165, 1.54) is 41.2 Å². The van der Waals surface area contributed by atoms with Gasteiger partial charge in [-0.25, -0.2) is 9.97 Å². The number of hydrogen-bond acceptors (Lipinski definition) is 10. The van der Waals surface area contributed by atoms with Gasteiger partial charge in [0, 0.05) is 41.7 Å². The van der Waals surface area contributed by atoms with Crippen LogP contribution in [0.2, 0.25) is 0 Å². The van der Waals surface area contributed by atoms with Crippen molar-refractivity contribution in [3.63, 3.8) is 0 Å². The average Bonchev–Trinajstić information content (AvgIpc) is 3.80. The first-order chi connectivity index (χ1) is 22.8. The molecule has 0 aliphatic heterocycles. The van der Waals surface area contributed by atoms with Crippen LogP contribution in [-0.2, 0) is 52.8 Å². The van der Waals surface area contributed by atoms with Crippen LogP contribution in [0.3, 0.4) is 0 Å². The van der Waals surface area contributed by atoms with E-state index >= 15 is 0 Å². The summed E-state index contributed by atoms with van der Waals surface area (Å²) in [6.07, 6.45) is 8.66. The standard InChI is InChI=1S/C15H21NO3S3.C14H18N4S2.CH3F.N3.Na/c1-11-9-14(7-6-13-10-20-12(2)16-13)21-15(11)5-4-8-19-22(3,17)18;1-10-8-13(6-5-12-9-19-11(2)17-12)20-14(10)4-3-7-16-18-15;1-2;1-3-2;/h9-10H,4-8H2,1-3H3;8-9H,3-7H2,1-2H3;1H3;;/q;;;-1;+1/i;;1D;;. The minimum Gasteiger partial charge on any atom is -0.373 e. The summed E-state index contributed by atoms with van der Waals surface area (Å²) >= 11 is 7.11. The topological polar surface area (TPSA) is 177 Å². The Balaban J connectivity index is 0.000000798. The number of aromatic nitrogens is 2. The maximum Gasteiger partial charge on any atom is 1.00 e. The van der Waals surface area contributed by atoms with Crippen molar-refractivity contribution in [2.24, 2.45) is 5.11 Å². The van der Waals surface area contributed by atoms with E-state index in [0.29, 0.717) is 6.54 Å². The van der Waals surface area contributed by atoms with Crippen LogP contribution in [0.25, 0.3) is 26.4 Å². The molecule has 0 aromatic carbocycles. The SMILES string of the molecule is Cc1nc(CCc2cc(C)c(CCCN=[N+]=[N-])s2)cs1.Cc1nc(CCc2cc(C)c(CCCOS(C)(=O)=O)s2)cs1.[2H]CF.[N-]=[N+]=[N-].[Na+]. The fourth-order valence-corrected chi connectivity index (χ4v) is 8.43. The van der Waals surface area contributed by atoms with Gasteiger partial charge in [0.15, 0.2) is 0 Å². The molecule has 4 aromatic heterocycles. The molecule has 0 radical (unpaired) electrons. The van der Waals surface area contributed by atoms with E-state index in [-0.39, 0.29) is 36.2 Å². The van der Waals surface area contributed by atoms with Gasteiger partial charge in [0.1, 0.15) is 0 Å². The zero-order valence-electron chi connectivity index (χ0n) is 29.3. The first-order valence-electron chi connectivity index (χ1n) is 15.2. The molecule has 0 saturated carbocycles. The van der Waals surface area contributed by atoms with Gasteiger partial charge in [-0.2, -0.15) is 8.42 Å². The molecule has 0 N–H and O–H groups in total. The van der Waals surface area contributed by atoms with E-state index in [0.717, 1.165) is 73.3 Å². The Morgan fingerprint density at radius 3 is 1.67 bits per heavy atom. The number of rotatable bonds is 15. The van der Waals surface area contributed by atoms with Crippen LogP contribution >= 0.6 is 45.3 Å². The molecule has 4 rings (SSSR count). The summed E-state index contributed by atoms with van der Waals surface area (Å²) < 4.78 is 42.1. The van der Waals surface area contributed by atoms with Gasteiger partial charge in [0.05, 0.1) is 42.8 Å². The molecule has 0 aliphatic carbocycles. The van der Waals surface area contributed by atoms with Crippen LogP contribution in [-0.4, -0.2) is 44.9 Å². The van der Waals surface area contributed by atoms with E-state index in [1.807, 2.05) is 36.5 Å². The van der Waals surface area contributed by atoms with Crippen LogP contribution in [0.4, 0.5) is 4.39 Å². The van der Waals surface area contributed by atoms with Gasteiger partial charge in [0.2, 0.25) is 0 Å². The molecule has 4 aromatic rings. The second-order valence-corrected chi connectivity index (χ2v) is 16.3. The Morgan fingerprint density at radius 2 is 1.29 bits per heavy atom. The molecular formula is C30H42FN8NaO3S5. The Hall–Kier alpha value is -1.88. The molecule has 0 spiro atoms. The zero-order chi connectivity index (χ0) is 36.0. The number of hydrogen-bond donors (Lipinski definition) is 0. The molecular weight excluding hydrogens is 723 g/mol. The molecule has 18 heteroatoms. The third-order valence-electron chi connectivity index (χ3n) is 6.30. The molecule has 0 amide bonds. The number of halogens is 1. The molecule has 0 atom stereocenters. The molecule has 11 nitrogen and oxygen atoms in total. The first-order valence-corrected chi connectivity index (χ1v) is 19.7. The van der Waals surface area contributed by atoms with Crippen molar-refractivity contribution in [1.82, 2.24) is 9.97 Å². The molecule has 0 saturated heterocycles. The molecule has 0 fully saturated rings. The van der Waals surface area contributed by atoms with E-state index < -0.39 is 17.3 Å². The average molecular weight is 766 g/mol. The van der Waals surface area contributed by atoms with Crippen LogP contribution in [0, 0.1) is 27.7 Å². The van der Waals surface area contributed by atoms with E-state index in [4.69, 9.17) is 22.1 Å². The number of alkyl halides is 1. The number of thiophene rings is 2. The van der Waals surface area contributed by atoms with Crippen molar-refractivity contribution >= 4 is 55.5 Å². The summed E-state index contributed by atoms with van der Waals surface area (Å²) in [5, 5.41) is 10.1. The van der Waals surface area contributed by atoms with Gasteiger partial charge in [-0.15, -0.1) is 45.3 Å². The van der Waals surface area contributed by atoms with E-state index in [1.54, 1.807) is 22.7 Å². The minimum atomic E-state index is -3.32. The molecule has 258 valence electrons. The smallest absolute Gasteiger partial charge is 0.373 e. The number of aryl methyl sites for hydroxylation is 10. The Kier molecular flexibility index (Phi) is 23.9. The summed E-state index contributed by atoms with van der Waals surface area (Å²) in [5.74, 6) is 0. The van der Waals surface area contributed by atoms with Crippen LogP contribution in [0.1, 0.15) is 66.3 Å². The van der Waals surface area contributed by atoms with Crippen molar-refractivity contribution in [2.45, 2.75) is 79.1 Å². The maximum absolute atomic E-state index is 10.9. The van der Waals surface area contributed by atoms with Gasteiger partial charge in [0.25, 0.3) is 10.1 Å². The van der Waals surface area contributed by atoms with E-state index in [2.05, 4.69) is 56.7 Å². The van der Waals surface area contributed by atoms with Gasteiger partial charge in [-0.1, -0.05) is 5.11 Å². The Labute approximate surface area is 322 Å². The summed E-state index contributed by atoms with van der Waals surface area (Å²) in [5.41, 5.74) is 26.8. The quantitative estimate of drug-likeness (QED) is 0.0322. The van der Waals surface area contributed by atoms with Crippen LogP contribution < -0.4 is 29.6 Å². The number of azide groups is 1. The first kappa shape index (κ1) is 44.1. The monoisotopic (exact) mass is 765 g/mol. The van der Waals surface area contributed by atoms with Gasteiger partial charge < -0.3 is 11.1 Å². The fourth-order valence-electron chi connectivity index (χ4n) is 4.27. The van der Waals surface area contributed by atoms with Crippen molar-refractivity contribution < 1.29 is 47.9 Å². The zero-order valence-corrected chi connectivity index (χ0v) is 34.4. The van der Waals surface area contributed by atoms with Crippen molar-refractivity contribution in [3.8, 4) is 0 Å². The normalized spacial score (nSPS) is 10.4. The van der Waals surface area contributed by atoms with Crippen molar-refractivity contribution in [3.05, 3.63) is 101 Å². The third-order valence-corrected chi connectivity index (χ3v) is 11.3. The largest absolute Gasteiger partial charge is 1.00 e. The Bertz CT molecular complexity index is 1700. The number of thiazole rings is 2. The number of nitrogens with zero attached hydrogens (tertiary/aromatic N) is 8. The fraction of sp³-hybridized carbons (Fsp3) is 0.533.